The first-order valence-electron chi connectivity index (χ1n) is 11.8. The first kappa shape index (κ1) is 25.5. The Bertz CT molecular complexity index is 1100. The van der Waals surface area contributed by atoms with Crippen molar-refractivity contribution in [2.75, 3.05) is 0 Å². The van der Waals surface area contributed by atoms with Crippen molar-refractivity contribution in [3.05, 3.63) is 106 Å². The van der Waals surface area contributed by atoms with Gasteiger partial charge in [0.15, 0.2) is 0 Å². The van der Waals surface area contributed by atoms with Crippen LogP contribution in [0, 0.1) is 6.92 Å². The van der Waals surface area contributed by atoms with Crippen LogP contribution in [-0.2, 0) is 29.0 Å². The Morgan fingerprint density at radius 1 is 0.912 bits per heavy atom. The summed E-state index contributed by atoms with van der Waals surface area (Å²) in [7, 11) is 0. The van der Waals surface area contributed by atoms with E-state index >= 15 is 0 Å². The van der Waals surface area contributed by atoms with Crippen LogP contribution in [0.4, 0.5) is 0 Å². The van der Waals surface area contributed by atoms with Crippen molar-refractivity contribution in [3.8, 4) is 0 Å². The minimum Gasteiger partial charge on any atom is -0.352 e. The van der Waals surface area contributed by atoms with E-state index in [1.165, 1.54) is 0 Å². The van der Waals surface area contributed by atoms with E-state index in [9.17, 15) is 9.59 Å². The Morgan fingerprint density at radius 3 is 2.26 bits per heavy atom. The molecule has 0 heterocycles. The van der Waals surface area contributed by atoms with Gasteiger partial charge in [-0.15, -0.1) is 0 Å². The lowest BCUT2D eigenvalue weighted by Gasteiger charge is -2.32. The van der Waals surface area contributed by atoms with Crippen molar-refractivity contribution >= 4 is 23.4 Å². The van der Waals surface area contributed by atoms with Crippen LogP contribution >= 0.6 is 11.6 Å². The lowest BCUT2D eigenvalue weighted by Crippen LogP contribution is -2.52. The average Bonchev–Trinajstić information content (AvgIpc) is 2.81. The smallest absolute Gasteiger partial charge is 0.243 e. The van der Waals surface area contributed by atoms with E-state index in [-0.39, 0.29) is 24.3 Å². The molecule has 0 fully saturated rings. The number of hydrogen-bond donors (Lipinski definition) is 1. The average molecular weight is 477 g/mol. The van der Waals surface area contributed by atoms with Gasteiger partial charge in [-0.05, 0) is 49.1 Å². The monoisotopic (exact) mass is 476 g/mol. The Kier molecular flexibility index (Phi) is 9.29. The highest BCUT2D eigenvalue weighted by Crippen LogP contribution is 2.19. The Hall–Kier alpha value is -3.11. The van der Waals surface area contributed by atoms with Crippen molar-refractivity contribution in [2.24, 2.45) is 0 Å². The van der Waals surface area contributed by atoms with Gasteiger partial charge in [-0.25, -0.2) is 0 Å². The molecule has 0 unspecified atom stereocenters. The largest absolute Gasteiger partial charge is 0.352 e. The molecule has 0 aliphatic carbocycles. The number of aryl methyl sites for hydroxylation is 1. The van der Waals surface area contributed by atoms with Gasteiger partial charge in [0.05, 0.1) is 6.42 Å². The molecule has 0 aliphatic heterocycles. The molecular weight excluding hydrogens is 444 g/mol. The molecule has 3 aromatic carbocycles. The molecule has 0 aliphatic rings. The molecule has 34 heavy (non-hydrogen) atoms. The molecule has 2 amide bonds. The third kappa shape index (κ3) is 7.46. The summed E-state index contributed by atoms with van der Waals surface area (Å²) in [6.45, 7) is 6.40. The Morgan fingerprint density at radius 2 is 1.59 bits per heavy atom. The van der Waals surface area contributed by atoms with E-state index in [0.717, 1.165) is 28.7 Å². The van der Waals surface area contributed by atoms with Crippen LogP contribution in [0.3, 0.4) is 0 Å². The summed E-state index contributed by atoms with van der Waals surface area (Å²) in [6, 6.07) is 24.6. The van der Waals surface area contributed by atoms with Crippen LogP contribution in [0.2, 0.25) is 5.02 Å². The molecule has 0 spiro atoms. The zero-order valence-electron chi connectivity index (χ0n) is 20.1. The SMILES string of the molecule is CC[C@H](C)NC(=O)[C@H](Cc1ccccc1)N(Cc1cccc(C)c1)C(=O)Cc1cccc(Cl)c1. The second-order valence-electron chi connectivity index (χ2n) is 8.84. The molecule has 0 bridgehead atoms. The number of carbonyl (C=O) groups excluding carboxylic acids is 2. The Labute approximate surface area is 207 Å². The second-order valence-corrected chi connectivity index (χ2v) is 9.28. The number of halogens is 1. The quantitative estimate of drug-likeness (QED) is 0.405. The summed E-state index contributed by atoms with van der Waals surface area (Å²) >= 11 is 6.16. The van der Waals surface area contributed by atoms with E-state index < -0.39 is 6.04 Å². The predicted octanol–water partition coefficient (Wildman–Crippen LogP) is 5.75. The van der Waals surface area contributed by atoms with Gasteiger partial charge in [-0.3, -0.25) is 9.59 Å². The summed E-state index contributed by atoms with van der Waals surface area (Å²) in [4.78, 5) is 28.9. The molecule has 0 saturated heterocycles. The molecule has 5 heteroatoms. The summed E-state index contributed by atoms with van der Waals surface area (Å²) in [6.07, 6.45) is 1.43. The molecule has 1 N–H and O–H groups in total. The number of nitrogens with one attached hydrogen (secondary N) is 1. The molecular formula is C29H33ClN2O2. The normalized spacial score (nSPS) is 12.6. The molecule has 4 nitrogen and oxygen atoms in total. The van der Waals surface area contributed by atoms with Gasteiger partial charge < -0.3 is 10.2 Å². The number of hydrogen-bond acceptors (Lipinski definition) is 2. The number of nitrogens with zero attached hydrogens (tertiary/aromatic N) is 1. The maximum Gasteiger partial charge on any atom is 0.243 e. The van der Waals surface area contributed by atoms with Crippen LogP contribution < -0.4 is 5.32 Å². The minimum atomic E-state index is -0.636. The highest BCUT2D eigenvalue weighted by molar-refractivity contribution is 6.30. The predicted molar refractivity (Wildman–Crippen MR) is 139 cm³/mol. The van der Waals surface area contributed by atoms with Crippen molar-refractivity contribution in [3.63, 3.8) is 0 Å². The summed E-state index contributed by atoms with van der Waals surface area (Å²) in [5, 5.41) is 3.69. The topological polar surface area (TPSA) is 49.4 Å². The van der Waals surface area contributed by atoms with E-state index in [0.29, 0.717) is 18.0 Å². The van der Waals surface area contributed by atoms with Gasteiger partial charge >= 0.3 is 0 Å². The highest BCUT2D eigenvalue weighted by Gasteiger charge is 2.31. The second kappa shape index (κ2) is 12.4. The summed E-state index contributed by atoms with van der Waals surface area (Å²) < 4.78 is 0. The Balaban J connectivity index is 1.97. The summed E-state index contributed by atoms with van der Waals surface area (Å²) in [5.41, 5.74) is 3.95. The van der Waals surface area contributed by atoms with Crippen molar-refractivity contribution in [2.45, 2.75) is 58.7 Å². The highest BCUT2D eigenvalue weighted by atomic mass is 35.5. The van der Waals surface area contributed by atoms with Gasteiger partial charge in [-0.2, -0.15) is 0 Å². The molecule has 0 radical (unpaired) electrons. The van der Waals surface area contributed by atoms with E-state index in [1.807, 2.05) is 81.4 Å². The van der Waals surface area contributed by atoms with Gasteiger partial charge in [0, 0.05) is 24.0 Å². The maximum absolute atomic E-state index is 13.7. The van der Waals surface area contributed by atoms with Gasteiger partial charge in [0.2, 0.25) is 11.8 Å². The number of carbonyl (C=O) groups is 2. The number of amides is 2. The third-order valence-corrected chi connectivity index (χ3v) is 6.19. The standard InChI is InChI=1S/C29H33ClN2O2/c1-4-22(3)31-29(34)27(18-23-11-6-5-7-12-23)32(20-25-14-8-10-21(2)16-25)28(33)19-24-13-9-15-26(30)17-24/h5-17,22,27H,4,18-20H2,1-3H3,(H,31,34)/t22-,27-/m0/s1. The molecule has 2 atom stereocenters. The fraction of sp³-hybridized carbons (Fsp3) is 0.310. The fourth-order valence-electron chi connectivity index (χ4n) is 3.93. The fourth-order valence-corrected chi connectivity index (χ4v) is 4.14. The van der Waals surface area contributed by atoms with Crippen LogP contribution in [0.5, 0.6) is 0 Å². The van der Waals surface area contributed by atoms with E-state index in [2.05, 4.69) is 11.4 Å². The lowest BCUT2D eigenvalue weighted by atomic mass is 10.0. The summed E-state index contributed by atoms with van der Waals surface area (Å²) in [5.74, 6) is -0.241. The molecule has 178 valence electrons. The van der Waals surface area contributed by atoms with E-state index in [1.54, 1.807) is 17.0 Å². The zero-order chi connectivity index (χ0) is 24.5. The molecule has 3 rings (SSSR count). The van der Waals surface area contributed by atoms with Crippen molar-refractivity contribution in [1.29, 1.82) is 0 Å². The van der Waals surface area contributed by atoms with Crippen molar-refractivity contribution < 1.29 is 9.59 Å². The third-order valence-electron chi connectivity index (χ3n) is 5.95. The first-order valence-corrected chi connectivity index (χ1v) is 12.2. The van der Waals surface area contributed by atoms with Crippen LogP contribution in [0.1, 0.15) is 42.5 Å². The van der Waals surface area contributed by atoms with Crippen LogP contribution in [0.25, 0.3) is 0 Å². The van der Waals surface area contributed by atoms with Crippen LogP contribution in [0.15, 0.2) is 78.9 Å². The van der Waals surface area contributed by atoms with E-state index in [4.69, 9.17) is 11.6 Å². The minimum absolute atomic E-state index is 0.0228. The number of rotatable bonds is 10. The van der Waals surface area contributed by atoms with Crippen LogP contribution in [-0.4, -0.2) is 28.8 Å². The van der Waals surface area contributed by atoms with Gasteiger partial charge in [-0.1, -0.05) is 90.8 Å². The van der Waals surface area contributed by atoms with Gasteiger partial charge in [0.25, 0.3) is 0 Å². The lowest BCUT2D eigenvalue weighted by molar-refractivity contribution is -0.141. The van der Waals surface area contributed by atoms with Crippen molar-refractivity contribution in [1.82, 2.24) is 10.2 Å². The molecule has 3 aromatic rings. The molecule has 0 aromatic heterocycles. The zero-order valence-corrected chi connectivity index (χ0v) is 20.9. The van der Waals surface area contributed by atoms with Gasteiger partial charge in [0.1, 0.15) is 6.04 Å². The number of benzene rings is 3. The first-order chi connectivity index (χ1) is 16.4. The molecule has 0 saturated carbocycles. The maximum atomic E-state index is 13.7.